The largest absolute Gasteiger partial charge is 0.399 e. The Labute approximate surface area is 115 Å². The van der Waals surface area contributed by atoms with Crippen LogP contribution in [0.1, 0.15) is 6.42 Å². The van der Waals surface area contributed by atoms with Crippen LogP contribution in [0.5, 0.6) is 0 Å². The molecule has 0 amide bonds. The number of anilines is 1. The molecule has 0 fully saturated rings. The highest BCUT2D eigenvalue weighted by molar-refractivity contribution is 6.11. The van der Waals surface area contributed by atoms with Gasteiger partial charge in [-0.3, -0.25) is 4.79 Å². The van der Waals surface area contributed by atoms with Gasteiger partial charge in [0, 0.05) is 12.1 Å². The standard InChI is InChI=1S/C18H13NO/c19-15-4-6-17-13(8-15)2-1-12-7-14-9-16(20)5-3-11(14)10-18(12)17/h1-4,6-10H,5,19H2. The van der Waals surface area contributed by atoms with Crippen molar-refractivity contribution in [3.63, 3.8) is 0 Å². The molecule has 0 aromatic heterocycles. The van der Waals surface area contributed by atoms with Gasteiger partial charge in [0.05, 0.1) is 0 Å². The molecular formula is C18H13NO. The third-order valence-electron chi connectivity index (χ3n) is 3.90. The van der Waals surface area contributed by atoms with E-state index in [-0.39, 0.29) is 5.78 Å². The number of rotatable bonds is 0. The fourth-order valence-corrected chi connectivity index (χ4v) is 2.91. The molecule has 4 rings (SSSR count). The Bertz CT molecular complexity index is 999. The average molecular weight is 259 g/mol. The molecule has 0 atom stereocenters. The molecule has 0 unspecified atom stereocenters. The molecule has 2 heteroatoms. The molecule has 0 bridgehead atoms. The van der Waals surface area contributed by atoms with Crippen LogP contribution in [0, 0.1) is 0 Å². The predicted octanol–water partition coefficient (Wildman–Crippen LogP) is 2.11. The van der Waals surface area contributed by atoms with Gasteiger partial charge in [-0.25, -0.2) is 0 Å². The zero-order valence-corrected chi connectivity index (χ0v) is 10.9. The Morgan fingerprint density at radius 3 is 2.50 bits per heavy atom. The molecule has 96 valence electrons. The third-order valence-corrected chi connectivity index (χ3v) is 3.90. The fourth-order valence-electron chi connectivity index (χ4n) is 2.91. The topological polar surface area (TPSA) is 43.1 Å². The van der Waals surface area contributed by atoms with Crippen molar-refractivity contribution in [1.82, 2.24) is 0 Å². The maximum Gasteiger partial charge on any atom is 0.160 e. The van der Waals surface area contributed by atoms with Gasteiger partial charge in [-0.1, -0.05) is 24.3 Å². The lowest BCUT2D eigenvalue weighted by atomic mass is 9.97. The maximum atomic E-state index is 11.5. The molecule has 2 N–H and O–H groups in total. The van der Waals surface area contributed by atoms with Crippen molar-refractivity contribution in [1.29, 1.82) is 0 Å². The van der Waals surface area contributed by atoms with E-state index in [1.807, 2.05) is 18.2 Å². The lowest BCUT2D eigenvalue weighted by molar-refractivity contribution is -0.112. The van der Waals surface area contributed by atoms with E-state index in [1.165, 1.54) is 10.8 Å². The average Bonchev–Trinajstić information content (AvgIpc) is 2.44. The number of Topliss-reactive ketones (excluding diaryl/α,β-unsaturated/α-hetero) is 1. The number of carbonyl (C=O) groups excluding carboxylic acids is 1. The summed E-state index contributed by atoms with van der Waals surface area (Å²) in [6.45, 7) is 0. The van der Waals surface area contributed by atoms with Crippen molar-refractivity contribution < 1.29 is 4.79 Å². The van der Waals surface area contributed by atoms with Gasteiger partial charge in [0.2, 0.25) is 0 Å². The predicted molar refractivity (Wildman–Crippen MR) is 83.7 cm³/mol. The maximum absolute atomic E-state index is 11.5. The van der Waals surface area contributed by atoms with Gasteiger partial charge in [0.25, 0.3) is 0 Å². The summed E-state index contributed by atoms with van der Waals surface area (Å²) >= 11 is 0. The molecule has 0 spiro atoms. The second kappa shape index (κ2) is 3.94. The lowest BCUT2D eigenvalue weighted by Crippen LogP contribution is -2.28. The van der Waals surface area contributed by atoms with Crippen LogP contribution < -0.4 is 16.2 Å². The minimum absolute atomic E-state index is 0.172. The smallest absolute Gasteiger partial charge is 0.160 e. The van der Waals surface area contributed by atoms with Gasteiger partial charge >= 0.3 is 0 Å². The molecule has 3 aromatic rings. The van der Waals surface area contributed by atoms with Crippen molar-refractivity contribution in [2.75, 3.05) is 5.73 Å². The molecule has 0 radical (unpaired) electrons. The Balaban J connectivity index is 2.19. The zero-order chi connectivity index (χ0) is 13.7. The summed E-state index contributed by atoms with van der Waals surface area (Å²) in [5.41, 5.74) is 6.62. The Morgan fingerprint density at radius 1 is 0.850 bits per heavy atom. The van der Waals surface area contributed by atoms with Crippen molar-refractivity contribution in [2.24, 2.45) is 0 Å². The first-order chi connectivity index (χ1) is 9.70. The van der Waals surface area contributed by atoms with Crippen LogP contribution in [-0.2, 0) is 4.79 Å². The second-order valence-electron chi connectivity index (χ2n) is 5.27. The van der Waals surface area contributed by atoms with Crippen molar-refractivity contribution >= 4 is 45.2 Å². The number of hydrogen-bond donors (Lipinski definition) is 1. The molecule has 1 aliphatic rings. The molecule has 20 heavy (non-hydrogen) atoms. The minimum atomic E-state index is 0.172. The highest BCUT2D eigenvalue weighted by Gasteiger charge is 2.05. The Morgan fingerprint density at radius 2 is 1.65 bits per heavy atom. The van der Waals surface area contributed by atoms with E-state index in [0.717, 1.165) is 26.9 Å². The highest BCUT2D eigenvalue weighted by Crippen LogP contribution is 2.25. The van der Waals surface area contributed by atoms with E-state index in [1.54, 1.807) is 6.08 Å². The second-order valence-corrected chi connectivity index (χ2v) is 5.27. The highest BCUT2D eigenvalue weighted by atomic mass is 16.1. The van der Waals surface area contributed by atoms with Gasteiger partial charge in [-0.2, -0.15) is 0 Å². The number of ketones is 1. The number of nitrogens with two attached hydrogens (primary N) is 1. The van der Waals surface area contributed by atoms with Gasteiger partial charge in [-0.15, -0.1) is 0 Å². The fraction of sp³-hybridized carbons (Fsp3) is 0.0556. The van der Waals surface area contributed by atoms with E-state index in [9.17, 15) is 4.79 Å². The van der Waals surface area contributed by atoms with Crippen LogP contribution in [0.3, 0.4) is 0 Å². The van der Waals surface area contributed by atoms with Crippen molar-refractivity contribution in [2.45, 2.75) is 6.42 Å². The third kappa shape index (κ3) is 1.62. The Hall–Kier alpha value is -2.61. The van der Waals surface area contributed by atoms with Crippen LogP contribution in [0.25, 0.3) is 33.7 Å². The monoisotopic (exact) mass is 259 g/mol. The summed E-state index contributed by atoms with van der Waals surface area (Å²) in [6.07, 6.45) is 4.24. The quantitative estimate of drug-likeness (QED) is 0.496. The van der Waals surface area contributed by atoms with E-state index in [0.29, 0.717) is 6.42 Å². The molecule has 0 saturated carbocycles. The normalized spacial score (nSPS) is 13.9. The molecule has 0 saturated heterocycles. The van der Waals surface area contributed by atoms with E-state index in [4.69, 9.17) is 5.73 Å². The first-order valence-corrected chi connectivity index (χ1v) is 6.67. The van der Waals surface area contributed by atoms with Gasteiger partial charge in [0.1, 0.15) is 0 Å². The summed E-state index contributed by atoms with van der Waals surface area (Å²) in [7, 11) is 0. The van der Waals surface area contributed by atoms with E-state index < -0.39 is 0 Å². The summed E-state index contributed by atoms with van der Waals surface area (Å²) in [6, 6.07) is 14.4. The van der Waals surface area contributed by atoms with Crippen LogP contribution in [0.2, 0.25) is 0 Å². The van der Waals surface area contributed by atoms with Gasteiger partial charge < -0.3 is 5.73 Å². The van der Waals surface area contributed by atoms with Crippen molar-refractivity contribution in [3.05, 3.63) is 52.9 Å². The Kier molecular flexibility index (Phi) is 2.21. The lowest BCUT2D eigenvalue weighted by Gasteiger charge is -2.07. The summed E-state index contributed by atoms with van der Waals surface area (Å²) in [4.78, 5) is 11.5. The molecule has 1 aliphatic carbocycles. The number of carbonyl (C=O) groups is 1. The van der Waals surface area contributed by atoms with Gasteiger partial charge in [0.15, 0.2) is 5.78 Å². The van der Waals surface area contributed by atoms with E-state index in [2.05, 4.69) is 30.3 Å². The van der Waals surface area contributed by atoms with Crippen molar-refractivity contribution in [3.8, 4) is 0 Å². The SMILES string of the molecule is Nc1ccc2c(ccc3cc4c(cc32)=CCC(=O)C=4)c1. The van der Waals surface area contributed by atoms with Crippen LogP contribution in [0.15, 0.2) is 42.5 Å². The molecule has 2 nitrogen and oxygen atoms in total. The molecule has 0 aliphatic heterocycles. The molecule has 3 aromatic carbocycles. The number of nitrogen functional groups attached to an aromatic ring is 1. The van der Waals surface area contributed by atoms with Gasteiger partial charge in [-0.05, 0) is 62.3 Å². The first-order valence-electron chi connectivity index (χ1n) is 6.67. The summed E-state index contributed by atoms with van der Waals surface area (Å²) in [5.74, 6) is 0.172. The van der Waals surface area contributed by atoms with Crippen LogP contribution in [0.4, 0.5) is 5.69 Å². The molecule has 0 heterocycles. The van der Waals surface area contributed by atoms with Crippen LogP contribution in [-0.4, -0.2) is 5.78 Å². The number of fused-ring (bicyclic) bond motifs is 4. The summed E-state index contributed by atoms with van der Waals surface area (Å²) < 4.78 is 0. The molecular weight excluding hydrogens is 246 g/mol. The summed E-state index contributed by atoms with van der Waals surface area (Å²) in [5, 5.41) is 6.86. The minimum Gasteiger partial charge on any atom is -0.399 e. The van der Waals surface area contributed by atoms with Crippen LogP contribution >= 0.6 is 0 Å². The van der Waals surface area contributed by atoms with E-state index >= 15 is 0 Å². The number of benzene rings is 3. The number of hydrogen-bond acceptors (Lipinski definition) is 2. The zero-order valence-electron chi connectivity index (χ0n) is 10.9. The first kappa shape index (κ1) is 11.2.